The van der Waals surface area contributed by atoms with Gasteiger partial charge in [0.05, 0.1) is 11.0 Å². The van der Waals surface area contributed by atoms with Gasteiger partial charge in [0.25, 0.3) is 0 Å². The van der Waals surface area contributed by atoms with Crippen LogP contribution in [0.1, 0.15) is 26.6 Å². The van der Waals surface area contributed by atoms with Crippen molar-refractivity contribution in [2.45, 2.75) is 33.7 Å². The Balaban J connectivity index is 2.36. The molecule has 0 spiro atoms. The fourth-order valence-corrected chi connectivity index (χ4v) is 2.85. The molecule has 0 bridgehead atoms. The molecule has 0 radical (unpaired) electrons. The number of nitrogens with zero attached hydrogens (tertiary/aromatic N) is 3. The second-order valence-corrected chi connectivity index (χ2v) is 6.02. The number of nitrogens with two attached hydrogens (primary N) is 1. The minimum atomic E-state index is 0.512. The minimum absolute atomic E-state index is 0.512. The molecule has 4 heteroatoms. The Morgan fingerprint density at radius 3 is 2.73 bits per heavy atom. The second kappa shape index (κ2) is 5.79. The van der Waals surface area contributed by atoms with Gasteiger partial charge in [0, 0.05) is 18.4 Å². The van der Waals surface area contributed by atoms with Crippen LogP contribution in [-0.2, 0) is 13.0 Å². The highest BCUT2D eigenvalue weighted by Crippen LogP contribution is 2.29. The molecule has 22 heavy (non-hydrogen) atoms. The lowest BCUT2D eigenvalue weighted by molar-refractivity contribution is 0.521. The van der Waals surface area contributed by atoms with Crippen LogP contribution in [0.5, 0.6) is 0 Å². The molecule has 1 aromatic carbocycles. The fraction of sp³-hybridized carbons (Fsp3) is 0.333. The third kappa shape index (κ3) is 2.45. The maximum atomic E-state index is 6.16. The number of nitrogen functional groups attached to an aromatic ring is 1. The molecule has 2 heterocycles. The summed E-state index contributed by atoms with van der Waals surface area (Å²) >= 11 is 0. The van der Waals surface area contributed by atoms with Gasteiger partial charge in [0.1, 0.15) is 11.3 Å². The number of hydrogen-bond donors (Lipinski definition) is 1. The van der Waals surface area contributed by atoms with Crippen molar-refractivity contribution in [1.29, 1.82) is 0 Å². The quantitative estimate of drug-likeness (QED) is 0.741. The van der Waals surface area contributed by atoms with Gasteiger partial charge in [-0.1, -0.05) is 44.2 Å². The molecular formula is C18H22N4. The highest BCUT2D eigenvalue weighted by molar-refractivity contribution is 6.06. The van der Waals surface area contributed by atoms with E-state index in [0.717, 1.165) is 40.7 Å². The number of aromatic nitrogens is 3. The van der Waals surface area contributed by atoms with Crippen molar-refractivity contribution in [2.75, 3.05) is 5.73 Å². The normalized spacial score (nSPS) is 12.2. The Morgan fingerprint density at radius 2 is 2.00 bits per heavy atom. The molecule has 0 unspecified atom stereocenters. The molecule has 2 N–H and O–H groups in total. The number of hydrogen-bond acceptors (Lipinski definition) is 3. The number of pyridine rings is 1. The van der Waals surface area contributed by atoms with Crippen molar-refractivity contribution < 1.29 is 0 Å². The summed E-state index contributed by atoms with van der Waals surface area (Å²) in [7, 11) is 0. The zero-order valence-electron chi connectivity index (χ0n) is 13.4. The molecule has 3 aromatic rings. The Bertz CT molecular complexity index is 843. The average Bonchev–Trinajstić information content (AvgIpc) is 2.84. The van der Waals surface area contributed by atoms with E-state index in [0.29, 0.717) is 11.7 Å². The number of imidazole rings is 1. The van der Waals surface area contributed by atoms with Crippen molar-refractivity contribution in [3.8, 4) is 0 Å². The monoisotopic (exact) mass is 294 g/mol. The highest BCUT2D eigenvalue weighted by atomic mass is 15.1. The first-order valence-corrected chi connectivity index (χ1v) is 7.76. The first-order valence-electron chi connectivity index (χ1n) is 7.76. The summed E-state index contributed by atoms with van der Waals surface area (Å²) in [5.41, 5.74) is 9.01. The molecular weight excluding hydrogens is 272 g/mol. The number of fused-ring (bicyclic) bond motifs is 3. The Labute approximate surface area is 130 Å². The topological polar surface area (TPSA) is 56.7 Å². The minimum Gasteiger partial charge on any atom is -0.382 e. The predicted molar refractivity (Wildman–Crippen MR) is 92.8 cm³/mol. The van der Waals surface area contributed by atoms with Crippen LogP contribution in [0.3, 0.4) is 0 Å². The van der Waals surface area contributed by atoms with Crippen LogP contribution in [0.4, 0.5) is 5.82 Å². The van der Waals surface area contributed by atoms with Gasteiger partial charge in [0.2, 0.25) is 0 Å². The van der Waals surface area contributed by atoms with Gasteiger partial charge >= 0.3 is 0 Å². The van der Waals surface area contributed by atoms with E-state index < -0.39 is 0 Å². The molecule has 0 amide bonds. The van der Waals surface area contributed by atoms with E-state index in [4.69, 9.17) is 10.7 Å². The number of rotatable bonds is 4. The number of benzene rings is 1. The van der Waals surface area contributed by atoms with E-state index in [1.807, 2.05) is 25.1 Å². The van der Waals surface area contributed by atoms with Crippen LogP contribution in [0.15, 0.2) is 36.4 Å². The summed E-state index contributed by atoms with van der Waals surface area (Å²) in [5, 5.41) is 1.12. The number of anilines is 1. The van der Waals surface area contributed by atoms with E-state index in [9.17, 15) is 0 Å². The molecule has 0 aliphatic carbocycles. The van der Waals surface area contributed by atoms with E-state index in [-0.39, 0.29) is 0 Å². The largest absolute Gasteiger partial charge is 0.382 e. The molecule has 0 aliphatic heterocycles. The molecule has 0 aliphatic rings. The van der Waals surface area contributed by atoms with Gasteiger partial charge in [0.15, 0.2) is 5.82 Å². The van der Waals surface area contributed by atoms with E-state index in [2.05, 4.69) is 41.6 Å². The molecule has 0 saturated heterocycles. The zero-order valence-corrected chi connectivity index (χ0v) is 13.4. The fourth-order valence-electron chi connectivity index (χ4n) is 2.85. The summed E-state index contributed by atoms with van der Waals surface area (Å²) < 4.78 is 2.31. The van der Waals surface area contributed by atoms with E-state index >= 15 is 0 Å². The molecule has 4 nitrogen and oxygen atoms in total. The average molecular weight is 294 g/mol. The van der Waals surface area contributed by atoms with Crippen molar-refractivity contribution in [3.05, 3.63) is 42.2 Å². The van der Waals surface area contributed by atoms with Crippen LogP contribution < -0.4 is 5.73 Å². The van der Waals surface area contributed by atoms with Gasteiger partial charge in [-0.2, -0.15) is 0 Å². The zero-order chi connectivity index (χ0) is 15.7. The Morgan fingerprint density at radius 1 is 1.23 bits per heavy atom. The summed E-state index contributed by atoms with van der Waals surface area (Å²) in [4.78, 5) is 9.28. The summed E-state index contributed by atoms with van der Waals surface area (Å²) in [6.45, 7) is 7.40. The van der Waals surface area contributed by atoms with Gasteiger partial charge in [-0.05, 0) is 18.9 Å². The third-order valence-corrected chi connectivity index (χ3v) is 3.77. The van der Waals surface area contributed by atoms with Gasteiger partial charge < -0.3 is 10.3 Å². The SMILES string of the molecule is C/C=C/Cc1nc2c(N)nc3ccccc3c2n1CC(C)C. The molecule has 0 saturated carbocycles. The van der Waals surface area contributed by atoms with Crippen molar-refractivity contribution >= 4 is 27.8 Å². The van der Waals surface area contributed by atoms with Crippen molar-refractivity contribution in [1.82, 2.24) is 14.5 Å². The van der Waals surface area contributed by atoms with Crippen LogP contribution in [0, 0.1) is 5.92 Å². The maximum Gasteiger partial charge on any atom is 0.152 e. The molecule has 0 fully saturated rings. The first-order chi connectivity index (χ1) is 10.6. The number of para-hydroxylation sites is 1. The lowest BCUT2D eigenvalue weighted by Gasteiger charge is -2.12. The number of allylic oxidation sites excluding steroid dienone is 2. The van der Waals surface area contributed by atoms with Gasteiger partial charge in [-0.3, -0.25) is 0 Å². The van der Waals surface area contributed by atoms with Crippen LogP contribution in [0.25, 0.3) is 21.9 Å². The second-order valence-electron chi connectivity index (χ2n) is 6.02. The Kier molecular flexibility index (Phi) is 3.84. The first kappa shape index (κ1) is 14.6. The summed E-state index contributed by atoms with van der Waals surface area (Å²) in [6.07, 6.45) is 4.99. The maximum absolute atomic E-state index is 6.16. The smallest absolute Gasteiger partial charge is 0.152 e. The lowest BCUT2D eigenvalue weighted by Crippen LogP contribution is -2.08. The van der Waals surface area contributed by atoms with Crippen LogP contribution in [-0.4, -0.2) is 14.5 Å². The standard InChI is InChI=1S/C18H22N4/c1-4-5-10-15-21-16-17(22(15)11-12(2)3)13-8-6-7-9-14(13)20-18(16)19/h4-9,12H,10-11H2,1-3H3,(H2,19,20)/b5-4+. The predicted octanol–water partition coefficient (Wildman–Crippen LogP) is 3.94. The lowest BCUT2D eigenvalue weighted by atomic mass is 10.1. The highest BCUT2D eigenvalue weighted by Gasteiger charge is 2.17. The molecule has 114 valence electrons. The van der Waals surface area contributed by atoms with Crippen LogP contribution >= 0.6 is 0 Å². The summed E-state index contributed by atoms with van der Waals surface area (Å²) in [6, 6.07) is 8.13. The molecule has 2 aromatic heterocycles. The van der Waals surface area contributed by atoms with E-state index in [1.165, 1.54) is 0 Å². The van der Waals surface area contributed by atoms with Crippen LogP contribution in [0.2, 0.25) is 0 Å². The molecule has 0 atom stereocenters. The third-order valence-electron chi connectivity index (χ3n) is 3.77. The Hall–Kier alpha value is -2.36. The van der Waals surface area contributed by atoms with E-state index in [1.54, 1.807) is 0 Å². The molecule has 3 rings (SSSR count). The van der Waals surface area contributed by atoms with Gasteiger partial charge in [-0.25, -0.2) is 9.97 Å². The van der Waals surface area contributed by atoms with Crippen molar-refractivity contribution in [3.63, 3.8) is 0 Å². The summed E-state index contributed by atoms with van der Waals surface area (Å²) in [5.74, 6) is 2.10. The van der Waals surface area contributed by atoms with Crippen molar-refractivity contribution in [2.24, 2.45) is 5.92 Å². The van der Waals surface area contributed by atoms with Gasteiger partial charge in [-0.15, -0.1) is 0 Å².